The lowest BCUT2D eigenvalue weighted by atomic mass is 10.2. The van der Waals surface area contributed by atoms with Crippen LogP contribution in [0.1, 0.15) is 51.4 Å². The van der Waals surface area contributed by atoms with Crippen LogP contribution in [0, 0.1) is 0 Å². The number of nitrogens with zero attached hydrogens (tertiary/aromatic N) is 2. The van der Waals surface area contributed by atoms with E-state index in [1.807, 2.05) is 6.20 Å². The van der Waals surface area contributed by atoms with Crippen LogP contribution in [-0.4, -0.2) is 16.5 Å². The molecule has 0 spiro atoms. The molecular weight excluding hydrogens is 198 g/mol. The summed E-state index contributed by atoms with van der Waals surface area (Å²) < 4.78 is 0. The molecule has 0 aliphatic rings. The number of aromatic nitrogens is 2. The number of rotatable bonds is 7. The summed E-state index contributed by atoms with van der Waals surface area (Å²) in [6.45, 7) is 7.45. The maximum Gasteiger partial charge on any atom is 0.148 e. The highest BCUT2D eigenvalue weighted by Gasteiger charge is 2.04. The number of hydrogen-bond donors (Lipinski definition) is 1. The fourth-order valence-electron chi connectivity index (χ4n) is 1.60. The van der Waals surface area contributed by atoms with Crippen LogP contribution < -0.4 is 5.32 Å². The van der Waals surface area contributed by atoms with Crippen LogP contribution in [0.15, 0.2) is 6.20 Å². The van der Waals surface area contributed by atoms with E-state index in [-0.39, 0.29) is 0 Å². The maximum absolute atomic E-state index is 4.59. The van der Waals surface area contributed by atoms with E-state index in [9.17, 15) is 0 Å². The third-order valence-electron chi connectivity index (χ3n) is 2.67. The van der Waals surface area contributed by atoms with Crippen molar-refractivity contribution in [2.24, 2.45) is 0 Å². The molecule has 16 heavy (non-hydrogen) atoms. The van der Waals surface area contributed by atoms with Crippen molar-refractivity contribution in [2.75, 3.05) is 11.9 Å². The van der Waals surface area contributed by atoms with E-state index in [1.165, 1.54) is 19.3 Å². The number of aryl methyl sites for hydroxylation is 2. The summed E-state index contributed by atoms with van der Waals surface area (Å²) in [5.74, 6) is 0.984. The van der Waals surface area contributed by atoms with Crippen LogP contribution >= 0.6 is 0 Å². The van der Waals surface area contributed by atoms with E-state index >= 15 is 0 Å². The molecule has 1 aromatic rings. The largest absolute Gasteiger partial charge is 0.369 e. The zero-order chi connectivity index (χ0) is 11.8. The van der Waals surface area contributed by atoms with Gasteiger partial charge in [-0.1, -0.05) is 33.6 Å². The first kappa shape index (κ1) is 12.9. The van der Waals surface area contributed by atoms with E-state index < -0.39 is 0 Å². The van der Waals surface area contributed by atoms with Gasteiger partial charge in [0.15, 0.2) is 0 Å². The van der Waals surface area contributed by atoms with Crippen molar-refractivity contribution in [2.45, 2.75) is 52.9 Å². The summed E-state index contributed by atoms with van der Waals surface area (Å²) in [6, 6.07) is 0. The summed E-state index contributed by atoms with van der Waals surface area (Å²) in [6.07, 6.45) is 7.50. The second-order valence-corrected chi connectivity index (χ2v) is 4.00. The molecule has 0 unspecified atom stereocenters. The third-order valence-corrected chi connectivity index (χ3v) is 2.67. The lowest BCUT2D eigenvalue weighted by Gasteiger charge is -2.10. The molecule has 0 aromatic carbocycles. The van der Waals surface area contributed by atoms with Gasteiger partial charge in [-0.25, -0.2) is 4.98 Å². The van der Waals surface area contributed by atoms with E-state index in [0.717, 1.165) is 36.6 Å². The summed E-state index contributed by atoms with van der Waals surface area (Å²) in [5, 5.41) is 3.40. The predicted molar refractivity (Wildman–Crippen MR) is 68.8 cm³/mol. The standard InChI is InChI=1S/C13H23N3/c1-4-7-8-9-14-13-12(6-3)15-10-11(5-2)16-13/h10H,4-9H2,1-3H3,(H,14,16). The van der Waals surface area contributed by atoms with Crippen LogP contribution in [0.2, 0.25) is 0 Å². The Hall–Kier alpha value is -1.12. The molecule has 0 saturated heterocycles. The van der Waals surface area contributed by atoms with Crippen molar-refractivity contribution in [3.05, 3.63) is 17.6 Å². The van der Waals surface area contributed by atoms with Gasteiger partial charge in [-0.2, -0.15) is 0 Å². The third kappa shape index (κ3) is 3.80. The first-order chi connectivity index (χ1) is 7.81. The van der Waals surface area contributed by atoms with Gasteiger partial charge in [-0.15, -0.1) is 0 Å². The zero-order valence-corrected chi connectivity index (χ0v) is 10.7. The molecular formula is C13H23N3. The molecule has 1 rings (SSSR count). The Morgan fingerprint density at radius 1 is 1.12 bits per heavy atom. The summed E-state index contributed by atoms with van der Waals surface area (Å²) >= 11 is 0. The second-order valence-electron chi connectivity index (χ2n) is 4.00. The van der Waals surface area contributed by atoms with Crippen LogP contribution in [0.4, 0.5) is 5.82 Å². The molecule has 1 heterocycles. The normalized spacial score (nSPS) is 10.4. The Morgan fingerprint density at radius 3 is 2.56 bits per heavy atom. The zero-order valence-electron chi connectivity index (χ0n) is 10.7. The van der Waals surface area contributed by atoms with Crippen molar-refractivity contribution >= 4 is 5.82 Å². The fraction of sp³-hybridized carbons (Fsp3) is 0.692. The maximum atomic E-state index is 4.59. The highest BCUT2D eigenvalue weighted by molar-refractivity contribution is 5.40. The van der Waals surface area contributed by atoms with Crippen molar-refractivity contribution < 1.29 is 0 Å². The number of nitrogens with one attached hydrogen (secondary N) is 1. The second kappa shape index (κ2) is 7.20. The van der Waals surface area contributed by atoms with Gasteiger partial charge in [0, 0.05) is 12.7 Å². The van der Waals surface area contributed by atoms with Gasteiger partial charge in [0.25, 0.3) is 0 Å². The van der Waals surface area contributed by atoms with Gasteiger partial charge in [-0.05, 0) is 19.3 Å². The predicted octanol–water partition coefficient (Wildman–Crippen LogP) is 3.20. The van der Waals surface area contributed by atoms with Gasteiger partial charge in [0.2, 0.25) is 0 Å². The van der Waals surface area contributed by atoms with Gasteiger partial charge < -0.3 is 5.32 Å². The van der Waals surface area contributed by atoms with Crippen LogP contribution in [-0.2, 0) is 12.8 Å². The molecule has 0 fully saturated rings. The molecule has 0 amide bonds. The summed E-state index contributed by atoms with van der Waals surface area (Å²) in [7, 11) is 0. The first-order valence-electron chi connectivity index (χ1n) is 6.40. The Bertz CT molecular complexity index is 310. The van der Waals surface area contributed by atoms with Crippen molar-refractivity contribution in [1.29, 1.82) is 0 Å². The molecule has 0 bridgehead atoms. The van der Waals surface area contributed by atoms with E-state index in [2.05, 4.69) is 36.1 Å². The van der Waals surface area contributed by atoms with Crippen molar-refractivity contribution in [3.8, 4) is 0 Å². The molecule has 3 nitrogen and oxygen atoms in total. The Balaban J connectivity index is 2.60. The van der Waals surface area contributed by atoms with E-state index in [0.29, 0.717) is 0 Å². The molecule has 1 N–H and O–H groups in total. The molecule has 90 valence electrons. The van der Waals surface area contributed by atoms with Crippen molar-refractivity contribution in [1.82, 2.24) is 9.97 Å². The molecule has 0 saturated carbocycles. The molecule has 3 heteroatoms. The molecule has 0 atom stereocenters. The molecule has 1 aromatic heterocycles. The average Bonchev–Trinajstić information content (AvgIpc) is 2.34. The van der Waals surface area contributed by atoms with Crippen LogP contribution in [0.5, 0.6) is 0 Å². The first-order valence-corrected chi connectivity index (χ1v) is 6.40. The minimum Gasteiger partial charge on any atom is -0.369 e. The quantitative estimate of drug-likeness (QED) is 0.718. The SMILES string of the molecule is CCCCCNc1nc(CC)cnc1CC. The Labute approximate surface area is 98.7 Å². The number of hydrogen-bond acceptors (Lipinski definition) is 3. The van der Waals surface area contributed by atoms with Gasteiger partial charge in [-0.3, -0.25) is 4.98 Å². The van der Waals surface area contributed by atoms with E-state index in [1.54, 1.807) is 0 Å². The summed E-state index contributed by atoms with van der Waals surface area (Å²) in [4.78, 5) is 9.03. The van der Waals surface area contributed by atoms with Gasteiger partial charge in [0.05, 0.1) is 11.4 Å². The number of anilines is 1. The van der Waals surface area contributed by atoms with Crippen molar-refractivity contribution in [3.63, 3.8) is 0 Å². The Morgan fingerprint density at radius 2 is 1.94 bits per heavy atom. The topological polar surface area (TPSA) is 37.8 Å². The van der Waals surface area contributed by atoms with E-state index in [4.69, 9.17) is 0 Å². The molecule has 0 aliphatic heterocycles. The fourth-order valence-corrected chi connectivity index (χ4v) is 1.60. The van der Waals surface area contributed by atoms with Gasteiger partial charge in [0.1, 0.15) is 5.82 Å². The highest BCUT2D eigenvalue weighted by atomic mass is 15.0. The smallest absolute Gasteiger partial charge is 0.148 e. The lowest BCUT2D eigenvalue weighted by Crippen LogP contribution is -2.08. The lowest BCUT2D eigenvalue weighted by molar-refractivity contribution is 0.740. The minimum atomic E-state index is 0.938. The van der Waals surface area contributed by atoms with Crippen LogP contribution in [0.3, 0.4) is 0 Å². The Kier molecular flexibility index (Phi) is 5.83. The molecule has 0 aliphatic carbocycles. The average molecular weight is 221 g/mol. The minimum absolute atomic E-state index is 0.938. The van der Waals surface area contributed by atoms with Crippen LogP contribution in [0.25, 0.3) is 0 Å². The molecule has 0 radical (unpaired) electrons. The van der Waals surface area contributed by atoms with Gasteiger partial charge >= 0.3 is 0 Å². The number of unbranched alkanes of at least 4 members (excludes halogenated alkanes) is 2. The summed E-state index contributed by atoms with van der Waals surface area (Å²) in [5.41, 5.74) is 2.14. The monoisotopic (exact) mass is 221 g/mol. The highest BCUT2D eigenvalue weighted by Crippen LogP contribution is 2.11.